The van der Waals surface area contributed by atoms with E-state index in [4.69, 9.17) is 10.8 Å². The van der Waals surface area contributed by atoms with Crippen molar-refractivity contribution in [1.29, 1.82) is 0 Å². The number of nitrogens with two attached hydrogens (primary N) is 1. The first-order valence-electron chi connectivity index (χ1n) is 4.74. The molecule has 1 atom stereocenters. The Hall–Kier alpha value is -0.610. The SMILES string of the molecule is CCN(CCCO)CC(C)C(N)=O. The Kier molecular flexibility index (Phi) is 6.54. The molecule has 0 aliphatic rings. The monoisotopic (exact) mass is 188 g/mol. The molecule has 0 spiro atoms. The maximum absolute atomic E-state index is 10.8. The Morgan fingerprint density at radius 3 is 2.62 bits per heavy atom. The molecule has 0 saturated heterocycles. The normalized spacial score (nSPS) is 13.2. The standard InChI is InChI=1S/C9H20N2O2/c1-3-11(5-4-6-12)7-8(2)9(10)13/h8,12H,3-7H2,1-2H3,(H2,10,13). The molecule has 0 aliphatic carbocycles. The highest BCUT2D eigenvalue weighted by Crippen LogP contribution is 1.99. The van der Waals surface area contributed by atoms with E-state index >= 15 is 0 Å². The maximum atomic E-state index is 10.8. The number of aliphatic hydroxyl groups excluding tert-OH is 1. The van der Waals surface area contributed by atoms with Crippen molar-refractivity contribution in [3.8, 4) is 0 Å². The van der Waals surface area contributed by atoms with E-state index < -0.39 is 0 Å². The van der Waals surface area contributed by atoms with Crippen LogP contribution in [0.4, 0.5) is 0 Å². The molecule has 4 heteroatoms. The topological polar surface area (TPSA) is 66.6 Å². The van der Waals surface area contributed by atoms with Crippen LogP contribution >= 0.6 is 0 Å². The summed E-state index contributed by atoms with van der Waals surface area (Å²) in [6, 6.07) is 0. The van der Waals surface area contributed by atoms with Gasteiger partial charge in [0.2, 0.25) is 5.91 Å². The lowest BCUT2D eigenvalue weighted by molar-refractivity contribution is -0.121. The number of primary amides is 1. The Morgan fingerprint density at radius 2 is 2.23 bits per heavy atom. The third-order valence-electron chi connectivity index (χ3n) is 2.10. The summed E-state index contributed by atoms with van der Waals surface area (Å²) in [6.07, 6.45) is 0.749. The molecule has 0 radical (unpaired) electrons. The Balaban J connectivity index is 3.75. The summed E-state index contributed by atoms with van der Waals surface area (Å²) in [5, 5.41) is 8.64. The van der Waals surface area contributed by atoms with Crippen LogP contribution < -0.4 is 5.73 Å². The molecule has 0 aromatic rings. The van der Waals surface area contributed by atoms with Crippen molar-refractivity contribution < 1.29 is 9.90 Å². The minimum absolute atomic E-state index is 0.112. The fourth-order valence-corrected chi connectivity index (χ4v) is 1.15. The molecule has 13 heavy (non-hydrogen) atoms. The highest BCUT2D eigenvalue weighted by molar-refractivity contribution is 5.76. The van der Waals surface area contributed by atoms with Gasteiger partial charge in [-0.1, -0.05) is 13.8 Å². The summed E-state index contributed by atoms with van der Waals surface area (Å²) in [6.45, 7) is 6.45. The minimum Gasteiger partial charge on any atom is -0.396 e. The minimum atomic E-state index is -0.262. The zero-order valence-corrected chi connectivity index (χ0v) is 8.49. The van der Waals surface area contributed by atoms with E-state index in [1.165, 1.54) is 0 Å². The first-order chi connectivity index (χ1) is 6.11. The van der Waals surface area contributed by atoms with Crippen molar-refractivity contribution in [2.75, 3.05) is 26.2 Å². The number of hydrogen-bond donors (Lipinski definition) is 2. The molecule has 0 saturated carbocycles. The Morgan fingerprint density at radius 1 is 1.62 bits per heavy atom. The number of rotatable bonds is 7. The zero-order valence-electron chi connectivity index (χ0n) is 8.49. The van der Waals surface area contributed by atoms with Crippen molar-refractivity contribution in [1.82, 2.24) is 4.90 Å². The molecule has 0 bridgehead atoms. The van der Waals surface area contributed by atoms with Gasteiger partial charge in [0.15, 0.2) is 0 Å². The number of amides is 1. The average Bonchev–Trinajstić information content (AvgIpc) is 2.11. The second kappa shape index (κ2) is 6.86. The van der Waals surface area contributed by atoms with E-state index in [2.05, 4.69) is 4.90 Å². The smallest absolute Gasteiger partial charge is 0.221 e. The summed E-state index contributed by atoms with van der Waals surface area (Å²) in [5.74, 6) is -0.374. The predicted octanol–water partition coefficient (Wildman–Crippen LogP) is -0.188. The molecule has 0 heterocycles. The van der Waals surface area contributed by atoms with Crippen molar-refractivity contribution in [2.24, 2.45) is 11.7 Å². The lowest BCUT2D eigenvalue weighted by Crippen LogP contribution is -2.35. The summed E-state index contributed by atoms with van der Waals surface area (Å²) in [5.41, 5.74) is 5.15. The van der Waals surface area contributed by atoms with Gasteiger partial charge in [0, 0.05) is 25.6 Å². The highest BCUT2D eigenvalue weighted by Gasteiger charge is 2.12. The second-order valence-electron chi connectivity index (χ2n) is 3.27. The second-order valence-corrected chi connectivity index (χ2v) is 3.27. The molecule has 0 rings (SSSR count). The van der Waals surface area contributed by atoms with Gasteiger partial charge in [-0.15, -0.1) is 0 Å². The molecule has 4 nitrogen and oxygen atoms in total. The highest BCUT2D eigenvalue weighted by atomic mass is 16.3. The van der Waals surface area contributed by atoms with E-state index in [1.807, 2.05) is 13.8 Å². The van der Waals surface area contributed by atoms with Gasteiger partial charge in [0.25, 0.3) is 0 Å². The first kappa shape index (κ1) is 12.4. The van der Waals surface area contributed by atoms with Gasteiger partial charge in [-0.05, 0) is 13.0 Å². The van der Waals surface area contributed by atoms with Crippen LogP contribution in [0.1, 0.15) is 20.3 Å². The van der Waals surface area contributed by atoms with Crippen LogP contribution in [0.2, 0.25) is 0 Å². The lowest BCUT2D eigenvalue weighted by Gasteiger charge is -2.22. The van der Waals surface area contributed by atoms with Gasteiger partial charge < -0.3 is 15.7 Å². The van der Waals surface area contributed by atoms with Crippen LogP contribution in [0.25, 0.3) is 0 Å². The quantitative estimate of drug-likeness (QED) is 0.582. The average molecular weight is 188 g/mol. The van der Waals surface area contributed by atoms with Gasteiger partial charge in [0.1, 0.15) is 0 Å². The first-order valence-corrected chi connectivity index (χ1v) is 4.74. The van der Waals surface area contributed by atoms with E-state index in [-0.39, 0.29) is 18.4 Å². The summed E-state index contributed by atoms with van der Waals surface area (Å²) in [7, 11) is 0. The number of aliphatic hydroxyl groups is 1. The molecule has 1 unspecified atom stereocenters. The predicted molar refractivity (Wildman–Crippen MR) is 52.2 cm³/mol. The lowest BCUT2D eigenvalue weighted by atomic mass is 10.1. The van der Waals surface area contributed by atoms with E-state index in [9.17, 15) is 4.79 Å². The molecule has 0 aromatic carbocycles. The number of carbonyl (C=O) groups is 1. The molecule has 0 fully saturated rings. The largest absolute Gasteiger partial charge is 0.396 e. The van der Waals surface area contributed by atoms with Gasteiger partial charge in [0.05, 0.1) is 0 Å². The van der Waals surface area contributed by atoms with E-state index in [0.29, 0.717) is 6.54 Å². The summed E-state index contributed by atoms with van der Waals surface area (Å²) < 4.78 is 0. The molecule has 3 N–H and O–H groups in total. The van der Waals surface area contributed by atoms with Gasteiger partial charge >= 0.3 is 0 Å². The molecule has 78 valence electrons. The zero-order chi connectivity index (χ0) is 10.3. The third kappa shape index (κ3) is 5.60. The number of hydrogen-bond acceptors (Lipinski definition) is 3. The molecular formula is C9H20N2O2. The van der Waals surface area contributed by atoms with Crippen LogP contribution in [0.3, 0.4) is 0 Å². The van der Waals surface area contributed by atoms with E-state index in [1.54, 1.807) is 0 Å². The van der Waals surface area contributed by atoms with Crippen molar-refractivity contribution in [3.63, 3.8) is 0 Å². The Labute approximate surface area is 79.7 Å². The van der Waals surface area contributed by atoms with Crippen LogP contribution in [0.15, 0.2) is 0 Å². The fraction of sp³-hybridized carbons (Fsp3) is 0.889. The maximum Gasteiger partial charge on any atom is 0.221 e. The molecule has 0 aliphatic heterocycles. The van der Waals surface area contributed by atoms with Crippen LogP contribution in [0.5, 0.6) is 0 Å². The van der Waals surface area contributed by atoms with E-state index in [0.717, 1.165) is 19.5 Å². The van der Waals surface area contributed by atoms with Gasteiger partial charge in [-0.2, -0.15) is 0 Å². The van der Waals surface area contributed by atoms with Gasteiger partial charge in [-0.3, -0.25) is 4.79 Å². The van der Waals surface area contributed by atoms with Crippen molar-refractivity contribution in [3.05, 3.63) is 0 Å². The fourth-order valence-electron chi connectivity index (χ4n) is 1.15. The van der Waals surface area contributed by atoms with Crippen LogP contribution in [-0.4, -0.2) is 42.2 Å². The Bertz CT molecular complexity index is 151. The number of carbonyl (C=O) groups excluding carboxylic acids is 1. The third-order valence-corrected chi connectivity index (χ3v) is 2.10. The van der Waals surface area contributed by atoms with Crippen LogP contribution in [-0.2, 0) is 4.79 Å². The van der Waals surface area contributed by atoms with Gasteiger partial charge in [-0.25, -0.2) is 0 Å². The molecular weight excluding hydrogens is 168 g/mol. The van der Waals surface area contributed by atoms with Crippen molar-refractivity contribution >= 4 is 5.91 Å². The van der Waals surface area contributed by atoms with Crippen LogP contribution in [0, 0.1) is 5.92 Å². The number of nitrogens with zero attached hydrogens (tertiary/aromatic N) is 1. The molecule has 0 aromatic heterocycles. The van der Waals surface area contributed by atoms with Crippen molar-refractivity contribution in [2.45, 2.75) is 20.3 Å². The summed E-state index contributed by atoms with van der Waals surface area (Å²) >= 11 is 0. The molecule has 1 amide bonds. The summed E-state index contributed by atoms with van der Waals surface area (Å²) in [4.78, 5) is 12.9.